The summed E-state index contributed by atoms with van der Waals surface area (Å²) in [6.07, 6.45) is 2.39. The molecule has 1 N–H and O–H groups in total. The predicted octanol–water partition coefficient (Wildman–Crippen LogP) is 2.94. The van der Waals surface area contributed by atoms with Crippen molar-refractivity contribution in [2.24, 2.45) is 5.92 Å². The highest BCUT2D eigenvalue weighted by atomic mass is 16.5. The van der Waals surface area contributed by atoms with Crippen LogP contribution < -0.4 is 10.1 Å². The fraction of sp³-hybridized carbons (Fsp3) is 0.478. The summed E-state index contributed by atoms with van der Waals surface area (Å²) < 4.78 is 6.89. The van der Waals surface area contributed by atoms with Gasteiger partial charge in [0.1, 0.15) is 12.3 Å². The topological polar surface area (TPSA) is 85.2 Å². The van der Waals surface area contributed by atoms with Crippen molar-refractivity contribution in [1.29, 1.82) is 0 Å². The molecule has 0 aliphatic carbocycles. The SMILES string of the molecule is COc1ccc2cc(C(C)NC(=O)Cn3nnnc3CN3CCC(C)CC3)ccc2c1. The minimum absolute atomic E-state index is 0.108. The monoisotopic (exact) mass is 422 g/mol. The third-order valence-corrected chi connectivity index (χ3v) is 6.09. The van der Waals surface area contributed by atoms with Gasteiger partial charge in [-0.2, -0.15) is 0 Å². The van der Waals surface area contributed by atoms with Gasteiger partial charge in [-0.1, -0.05) is 25.1 Å². The fourth-order valence-electron chi connectivity index (χ4n) is 4.02. The number of amides is 1. The summed E-state index contributed by atoms with van der Waals surface area (Å²) in [5.74, 6) is 2.23. The highest BCUT2D eigenvalue weighted by Crippen LogP contribution is 2.24. The molecule has 2 heterocycles. The summed E-state index contributed by atoms with van der Waals surface area (Å²) in [5.41, 5.74) is 1.05. The van der Waals surface area contributed by atoms with Gasteiger partial charge >= 0.3 is 0 Å². The predicted molar refractivity (Wildman–Crippen MR) is 119 cm³/mol. The lowest BCUT2D eigenvalue weighted by atomic mass is 9.99. The van der Waals surface area contributed by atoms with Crippen LogP contribution in [0.25, 0.3) is 10.8 Å². The van der Waals surface area contributed by atoms with Crippen molar-refractivity contribution >= 4 is 16.7 Å². The molecule has 0 bridgehead atoms. The van der Waals surface area contributed by atoms with E-state index in [1.807, 2.05) is 31.2 Å². The van der Waals surface area contributed by atoms with E-state index in [1.54, 1.807) is 11.8 Å². The number of tetrazole rings is 1. The van der Waals surface area contributed by atoms with Gasteiger partial charge in [-0.3, -0.25) is 9.69 Å². The van der Waals surface area contributed by atoms with Crippen LogP contribution >= 0.6 is 0 Å². The maximum Gasteiger partial charge on any atom is 0.242 e. The van der Waals surface area contributed by atoms with Crippen molar-refractivity contribution in [2.75, 3.05) is 20.2 Å². The zero-order valence-electron chi connectivity index (χ0n) is 18.4. The number of piperidine rings is 1. The summed E-state index contributed by atoms with van der Waals surface area (Å²) in [6.45, 7) is 7.16. The molecule has 2 aromatic carbocycles. The Morgan fingerprint density at radius 2 is 1.94 bits per heavy atom. The first kappa shape index (κ1) is 21.2. The van der Waals surface area contributed by atoms with E-state index < -0.39 is 0 Å². The molecule has 1 atom stereocenters. The van der Waals surface area contributed by atoms with E-state index in [-0.39, 0.29) is 18.5 Å². The first-order chi connectivity index (χ1) is 15.0. The van der Waals surface area contributed by atoms with Crippen LogP contribution in [0.15, 0.2) is 36.4 Å². The minimum atomic E-state index is -0.123. The maximum atomic E-state index is 12.7. The molecule has 4 rings (SSSR count). The molecule has 1 saturated heterocycles. The molecular formula is C23H30N6O2. The number of likely N-dealkylation sites (tertiary alicyclic amines) is 1. The Morgan fingerprint density at radius 3 is 2.71 bits per heavy atom. The second-order valence-electron chi connectivity index (χ2n) is 8.47. The highest BCUT2D eigenvalue weighted by Gasteiger charge is 2.20. The third kappa shape index (κ3) is 5.19. The first-order valence-electron chi connectivity index (χ1n) is 10.9. The summed E-state index contributed by atoms with van der Waals surface area (Å²) in [7, 11) is 1.66. The summed E-state index contributed by atoms with van der Waals surface area (Å²) in [4.78, 5) is 15.0. The van der Waals surface area contributed by atoms with Gasteiger partial charge < -0.3 is 10.1 Å². The molecule has 31 heavy (non-hydrogen) atoms. The van der Waals surface area contributed by atoms with E-state index in [0.29, 0.717) is 6.54 Å². The Labute approximate surface area is 182 Å². The van der Waals surface area contributed by atoms with Gasteiger partial charge in [0.25, 0.3) is 0 Å². The van der Waals surface area contributed by atoms with Crippen LogP contribution in [0.1, 0.15) is 44.1 Å². The van der Waals surface area contributed by atoms with Crippen LogP contribution in [0.5, 0.6) is 5.75 Å². The molecule has 3 aromatic rings. The smallest absolute Gasteiger partial charge is 0.242 e. The number of nitrogens with zero attached hydrogens (tertiary/aromatic N) is 5. The molecule has 1 aliphatic rings. The number of rotatable bonds is 7. The van der Waals surface area contributed by atoms with E-state index >= 15 is 0 Å². The Bertz CT molecular complexity index is 1040. The van der Waals surface area contributed by atoms with Gasteiger partial charge in [-0.25, -0.2) is 4.68 Å². The van der Waals surface area contributed by atoms with E-state index in [1.165, 1.54) is 12.8 Å². The Kier molecular flexibility index (Phi) is 6.46. The number of ether oxygens (including phenoxy) is 1. The number of fused-ring (bicyclic) bond motifs is 1. The summed E-state index contributed by atoms with van der Waals surface area (Å²) in [6, 6.07) is 12.0. The van der Waals surface area contributed by atoms with Gasteiger partial charge in [-0.05, 0) is 83.7 Å². The molecular weight excluding hydrogens is 392 g/mol. The fourth-order valence-corrected chi connectivity index (χ4v) is 4.02. The van der Waals surface area contributed by atoms with Crippen LogP contribution in [0.4, 0.5) is 0 Å². The van der Waals surface area contributed by atoms with Gasteiger partial charge in [0, 0.05) is 0 Å². The molecule has 1 unspecified atom stereocenters. The second-order valence-corrected chi connectivity index (χ2v) is 8.47. The number of hydrogen-bond donors (Lipinski definition) is 1. The van der Waals surface area contributed by atoms with Gasteiger partial charge in [0.15, 0.2) is 5.82 Å². The van der Waals surface area contributed by atoms with Crippen LogP contribution in [-0.2, 0) is 17.9 Å². The molecule has 0 radical (unpaired) electrons. The molecule has 8 nitrogen and oxygen atoms in total. The molecule has 0 spiro atoms. The first-order valence-corrected chi connectivity index (χ1v) is 10.9. The van der Waals surface area contributed by atoms with Crippen molar-refractivity contribution in [2.45, 2.75) is 45.8 Å². The zero-order valence-corrected chi connectivity index (χ0v) is 18.4. The zero-order chi connectivity index (χ0) is 21.8. The van der Waals surface area contributed by atoms with Crippen molar-refractivity contribution in [1.82, 2.24) is 30.4 Å². The van der Waals surface area contributed by atoms with E-state index in [4.69, 9.17) is 4.74 Å². The quantitative estimate of drug-likeness (QED) is 0.630. The van der Waals surface area contributed by atoms with Crippen LogP contribution in [0.3, 0.4) is 0 Å². The minimum Gasteiger partial charge on any atom is -0.497 e. The van der Waals surface area contributed by atoms with Crippen molar-refractivity contribution in [3.05, 3.63) is 47.8 Å². The Morgan fingerprint density at radius 1 is 1.19 bits per heavy atom. The van der Waals surface area contributed by atoms with E-state index in [0.717, 1.165) is 46.9 Å². The molecule has 1 amide bonds. The molecule has 164 valence electrons. The van der Waals surface area contributed by atoms with Crippen molar-refractivity contribution in [3.63, 3.8) is 0 Å². The van der Waals surface area contributed by atoms with Gasteiger partial charge in [0.2, 0.25) is 5.91 Å². The standard InChI is InChI=1S/C23H30N6O2/c1-16-8-10-28(11-9-16)14-22-25-26-27-29(22)15-23(30)24-17(2)18-4-5-20-13-21(31-3)7-6-19(20)12-18/h4-7,12-13,16-17H,8-11,14-15H2,1-3H3,(H,24,30). The van der Waals surface area contributed by atoms with Crippen molar-refractivity contribution < 1.29 is 9.53 Å². The normalized spacial score (nSPS) is 16.4. The van der Waals surface area contributed by atoms with Crippen LogP contribution in [0.2, 0.25) is 0 Å². The van der Waals surface area contributed by atoms with E-state index in [9.17, 15) is 4.79 Å². The largest absolute Gasteiger partial charge is 0.497 e. The summed E-state index contributed by atoms with van der Waals surface area (Å²) in [5, 5.41) is 17.2. The highest BCUT2D eigenvalue weighted by molar-refractivity contribution is 5.85. The number of carbonyl (C=O) groups excluding carboxylic acids is 1. The third-order valence-electron chi connectivity index (χ3n) is 6.09. The van der Waals surface area contributed by atoms with E-state index in [2.05, 4.69) is 44.8 Å². The van der Waals surface area contributed by atoms with Crippen LogP contribution in [0, 0.1) is 5.92 Å². The van der Waals surface area contributed by atoms with Gasteiger partial charge in [-0.15, -0.1) is 5.10 Å². The second kappa shape index (κ2) is 9.43. The molecule has 8 heteroatoms. The van der Waals surface area contributed by atoms with Crippen molar-refractivity contribution in [3.8, 4) is 5.75 Å². The number of hydrogen-bond acceptors (Lipinski definition) is 6. The molecule has 1 fully saturated rings. The summed E-state index contributed by atoms with van der Waals surface area (Å²) >= 11 is 0. The lowest BCUT2D eigenvalue weighted by Gasteiger charge is -2.29. The Hall–Kier alpha value is -3.00. The molecule has 1 aromatic heterocycles. The lowest BCUT2D eigenvalue weighted by Crippen LogP contribution is -2.35. The average molecular weight is 423 g/mol. The number of benzene rings is 2. The number of carbonyl (C=O) groups is 1. The van der Waals surface area contributed by atoms with Crippen LogP contribution in [-0.4, -0.2) is 51.2 Å². The maximum absolute atomic E-state index is 12.7. The molecule has 0 saturated carbocycles. The lowest BCUT2D eigenvalue weighted by molar-refractivity contribution is -0.122. The molecule has 1 aliphatic heterocycles. The number of methoxy groups -OCH3 is 1. The average Bonchev–Trinajstić information content (AvgIpc) is 3.20. The number of nitrogens with one attached hydrogen (secondary N) is 1. The number of aromatic nitrogens is 4. The Balaban J connectivity index is 1.37. The van der Waals surface area contributed by atoms with Gasteiger partial charge in [0.05, 0.1) is 19.7 Å².